The Morgan fingerprint density at radius 2 is 1.46 bits per heavy atom. The lowest BCUT2D eigenvalue weighted by atomic mass is 9.78. The van der Waals surface area contributed by atoms with E-state index in [0.717, 1.165) is 21.6 Å². The van der Waals surface area contributed by atoms with Gasteiger partial charge in [-0.05, 0) is 51.4 Å². The highest BCUT2D eigenvalue weighted by Crippen LogP contribution is 2.45. The predicted octanol–water partition coefficient (Wildman–Crippen LogP) is 7.41. The van der Waals surface area contributed by atoms with Crippen molar-refractivity contribution in [1.29, 1.82) is 0 Å². The van der Waals surface area contributed by atoms with Crippen molar-refractivity contribution in [2.24, 2.45) is 0 Å². The van der Waals surface area contributed by atoms with Gasteiger partial charge in [0.15, 0.2) is 0 Å². The van der Waals surface area contributed by atoms with E-state index in [9.17, 15) is 0 Å². The molecule has 4 nitrogen and oxygen atoms in total. The second kappa shape index (κ2) is 7.10. The van der Waals surface area contributed by atoms with Crippen LogP contribution in [0.25, 0.3) is 58.9 Å². The van der Waals surface area contributed by atoms with Gasteiger partial charge < -0.3 is 13.7 Å². The van der Waals surface area contributed by atoms with E-state index >= 15 is 0 Å². The topological polar surface area (TPSA) is 35.8 Å². The number of hydrogen-bond donors (Lipinski definition) is 0. The zero-order valence-corrected chi connectivity index (χ0v) is 22.0. The molecule has 3 aromatic heterocycles. The van der Waals surface area contributed by atoms with E-state index < -0.39 is 7.12 Å². The molecule has 0 bridgehead atoms. The SMILES string of the molecule is CC1(C)OB(c2ccc3c(c2)c2cc4nc(-c5ccccc5)sc4c4c5ccccc5n3c24)OC1(C)C. The summed E-state index contributed by atoms with van der Waals surface area (Å²) in [6.45, 7) is 8.40. The van der Waals surface area contributed by atoms with Gasteiger partial charge in [-0.2, -0.15) is 0 Å². The minimum atomic E-state index is -0.393. The molecule has 1 fully saturated rings. The third kappa shape index (κ3) is 2.83. The van der Waals surface area contributed by atoms with Crippen LogP contribution in [-0.4, -0.2) is 27.7 Å². The van der Waals surface area contributed by atoms with Crippen molar-refractivity contribution in [3.8, 4) is 10.6 Å². The van der Waals surface area contributed by atoms with Crippen molar-refractivity contribution in [3.05, 3.63) is 78.9 Å². The molecule has 0 radical (unpaired) electrons. The van der Waals surface area contributed by atoms with Gasteiger partial charge in [0.05, 0.1) is 38.0 Å². The normalized spacial score (nSPS) is 17.4. The van der Waals surface area contributed by atoms with E-state index in [1.54, 1.807) is 11.3 Å². The van der Waals surface area contributed by atoms with Crippen molar-refractivity contribution in [2.45, 2.75) is 38.9 Å². The summed E-state index contributed by atoms with van der Waals surface area (Å²) in [5.41, 5.74) is 6.18. The number of hydrogen-bond acceptors (Lipinski definition) is 4. The van der Waals surface area contributed by atoms with Crippen LogP contribution in [0.5, 0.6) is 0 Å². The lowest BCUT2D eigenvalue weighted by Gasteiger charge is -2.32. The monoisotopic (exact) mass is 500 g/mol. The van der Waals surface area contributed by atoms with Gasteiger partial charge in [0.25, 0.3) is 0 Å². The molecule has 4 heterocycles. The molecule has 0 saturated carbocycles. The number of para-hydroxylation sites is 1. The van der Waals surface area contributed by atoms with Crippen LogP contribution in [-0.2, 0) is 9.31 Å². The van der Waals surface area contributed by atoms with Gasteiger partial charge in [0, 0.05) is 27.1 Å². The standard InChI is InChI=1S/C31H25BN2O2S/c1-30(2)31(3,4)36-32(35-30)19-14-15-25-21(16-19)22-17-23-28(37-29(33-23)18-10-6-5-7-11-18)26-20-12-8-9-13-24(20)34(25)27(22)26/h5-17H,1-4H3. The van der Waals surface area contributed by atoms with Crippen LogP contribution in [0.2, 0.25) is 0 Å². The second-order valence-corrected chi connectivity index (χ2v) is 12.1. The molecule has 0 N–H and O–H groups in total. The lowest BCUT2D eigenvalue weighted by Crippen LogP contribution is -2.41. The van der Waals surface area contributed by atoms with E-state index in [2.05, 4.69) is 105 Å². The van der Waals surface area contributed by atoms with Crippen LogP contribution in [0.4, 0.5) is 0 Å². The maximum atomic E-state index is 6.39. The Balaban J connectivity index is 1.44. The van der Waals surface area contributed by atoms with Crippen molar-refractivity contribution >= 4 is 72.2 Å². The molecule has 180 valence electrons. The van der Waals surface area contributed by atoms with Crippen LogP contribution < -0.4 is 5.46 Å². The minimum absolute atomic E-state index is 0.376. The number of fused-ring (bicyclic) bond motifs is 8. The molecule has 0 unspecified atom stereocenters. The van der Waals surface area contributed by atoms with Gasteiger partial charge in [-0.15, -0.1) is 11.3 Å². The zero-order valence-electron chi connectivity index (χ0n) is 21.2. The maximum Gasteiger partial charge on any atom is 0.494 e. The van der Waals surface area contributed by atoms with Gasteiger partial charge >= 0.3 is 7.12 Å². The molecule has 6 heteroatoms. The molecule has 0 spiro atoms. The molecule has 1 aliphatic heterocycles. The zero-order chi connectivity index (χ0) is 25.1. The number of nitrogens with zero attached hydrogens (tertiary/aromatic N) is 2. The molecule has 0 atom stereocenters. The Morgan fingerprint density at radius 3 is 2.24 bits per heavy atom. The Hall–Kier alpha value is -3.45. The highest BCUT2D eigenvalue weighted by atomic mass is 32.1. The second-order valence-electron chi connectivity index (χ2n) is 11.1. The Kier molecular flexibility index (Phi) is 4.15. The maximum absolute atomic E-state index is 6.39. The van der Waals surface area contributed by atoms with E-state index in [0.29, 0.717) is 0 Å². The van der Waals surface area contributed by atoms with E-state index in [4.69, 9.17) is 14.3 Å². The third-order valence-corrected chi connectivity index (χ3v) is 9.53. The first kappa shape index (κ1) is 21.6. The summed E-state index contributed by atoms with van der Waals surface area (Å²) in [6.07, 6.45) is 0. The molecule has 8 rings (SSSR count). The van der Waals surface area contributed by atoms with Gasteiger partial charge in [0.2, 0.25) is 0 Å². The molecule has 7 aromatic rings. The summed E-state index contributed by atoms with van der Waals surface area (Å²) in [6, 6.07) is 28.1. The summed E-state index contributed by atoms with van der Waals surface area (Å²) < 4.78 is 16.5. The van der Waals surface area contributed by atoms with Crippen molar-refractivity contribution in [3.63, 3.8) is 0 Å². The molecule has 4 aromatic carbocycles. The quantitative estimate of drug-likeness (QED) is 0.232. The average molecular weight is 500 g/mol. The fourth-order valence-electron chi connectivity index (χ4n) is 5.79. The van der Waals surface area contributed by atoms with Crippen LogP contribution in [0.15, 0.2) is 78.9 Å². The molecule has 0 amide bonds. The van der Waals surface area contributed by atoms with Crippen LogP contribution in [0, 0.1) is 0 Å². The third-order valence-electron chi connectivity index (χ3n) is 8.39. The molecular formula is C31H25BN2O2S. The van der Waals surface area contributed by atoms with Crippen LogP contribution in [0.1, 0.15) is 27.7 Å². The molecule has 1 aliphatic rings. The first-order valence-electron chi connectivity index (χ1n) is 12.7. The first-order chi connectivity index (χ1) is 17.8. The van der Waals surface area contributed by atoms with Gasteiger partial charge in [-0.1, -0.05) is 60.7 Å². The van der Waals surface area contributed by atoms with Crippen molar-refractivity contribution in [2.75, 3.05) is 0 Å². The fourth-order valence-corrected chi connectivity index (χ4v) is 6.90. The van der Waals surface area contributed by atoms with Crippen LogP contribution in [0.3, 0.4) is 0 Å². The molecule has 37 heavy (non-hydrogen) atoms. The highest BCUT2D eigenvalue weighted by molar-refractivity contribution is 7.22. The number of rotatable bonds is 2. The van der Waals surface area contributed by atoms with Crippen molar-refractivity contribution < 1.29 is 9.31 Å². The van der Waals surface area contributed by atoms with E-state index in [1.807, 2.05) is 6.07 Å². The Morgan fingerprint density at radius 1 is 0.757 bits per heavy atom. The highest BCUT2D eigenvalue weighted by Gasteiger charge is 2.51. The first-order valence-corrected chi connectivity index (χ1v) is 13.6. The summed E-state index contributed by atoms with van der Waals surface area (Å²) in [7, 11) is -0.393. The van der Waals surface area contributed by atoms with Crippen LogP contribution >= 0.6 is 11.3 Å². The number of thiazole rings is 1. The minimum Gasteiger partial charge on any atom is -0.399 e. The van der Waals surface area contributed by atoms with Crippen molar-refractivity contribution in [1.82, 2.24) is 9.38 Å². The summed E-state index contributed by atoms with van der Waals surface area (Å²) in [5.74, 6) is 0. The molecular weight excluding hydrogens is 475 g/mol. The van der Waals surface area contributed by atoms with E-state index in [-0.39, 0.29) is 11.2 Å². The smallest absolute Gasteiger partial charge is 0.399 e. The fraction of sp³-hybridized carbons (Fsp3) is 0.194. The number of benzene rings is 4. The lowest BCUT2D eigenvalue weighted by molar-refractivity contribution is 0.00578. The molecule has 1 saturated heterocycles. The Bertz CT molecular complexity index is 1990. The largest absolute Gasteiger partial charge is 0.494 e. The van der Waals surface area contributed by atoms with Gasteiger partial charge in [0.1, 0.15) is 5.01 Å². The predicted molar refractivity (Wildman–Crippen MR) is 155 cm³/mol. The Labute approximate surface area is 218 Å². The average Bonchev–Trinajstić information content (AvgIpc) is 3.60. The van der Waals surface area contributed by atoms with Gasteiger partial charge in [-0.25, -0.2) is 4.98 Å². The summed E-state index contributed by atoms with van der Waals surface area (Å²) >= 11 is 1.78. The summed E-state index contributed by atoms with van der Waals surface area (Å²) in [5, 5.41) is 6.04. The molecule has 0 aliphatic carbocycles. The van der Waals surface area contributed by atoms with E-state index in [1.165, 1.54) is 42.8 Å². The van der Waals surface area contributed by atoms with Gasteiger partial charge in [-0.3, -0.25) is 0 Å². The summed E-state index contributed by atoms with van der Waals surface area (Å²) in [4.78, 5) is 5.12. The number of aromatic nitrogens is 2.